The smallest absolute Gasteiger partial charge is 0.177 e. The van der Waals surface area contributed by atoms with Gasteiger partial charge in [0.1, 0.15) is 0 Å². The number of benzene rings is 1. The highest BCUT2D eigenvalue weighted by Crippen LogP contribution is 2.23. The van der Waals surface area contributed by atoms with E-state index in [2.05, 4.69) is 57.4 Å². The molecule has 3 heterocycles. The first-order chi connectivity index (χ1) is 14.9. The molecule has 8 nitrogen and oxygen atoms in total. The summed E-state index contributed by atoms with van der Waals surface area (Å²) in [6, 6.07) is 14.1. The van der Waals surface area contributed by atoms with Crippen molar-refractivity contribution in [2.45, 2.75) is 45.6 Å². The van der Waals surface area contributed by atoms with E-state index in [4.69, 9.17) is 5.26 Å². The Morgan fingerprint density at radius 2 is 1.94 bits per heavy atom. The van der Waals surface area contributed by atoms with Crippen LogP contribution >= 0.6 is 0 Å². The molecule has 0 saturated heterocycles. The molecule has 0 aliphatic heterocycles. The average molecular weight is 413 g/mol. The zero-order valence-electron chi connectivity index (χ0n) is 17.9. The molecule has 0 radical (unpaired) electrons. The van der Waals surface area contributed by atoms with Gasteiger partial charge in [-0.2, -0.15) is 20.0 Å². The third-order valence-corrected chi connectivity index (χ3v) is 5.13. The lowest BCUT2D eigenvalue weighted by atomic mass is 9.88. The van der Waals surface area contributed by atoms with Crippen LogP contribution < -0.4 is 0 Å². The van der Waals surface area contributed by atoms with Crippen LogP contribution in [0.15, 0.2) is 53.8 Å². The number of nitrogens with zero attached hydrogens (tertiary/aromatic N) is 8. The Hall–Kier alpha value is -3.86. The molecule has 4 rings (SSSR count). The molecule has 0 bridgehead atoms. The molecule has 156 valence electrons. The largest absolute Gasteiger partial charge is 0.271 e. The number of nitriles is 1. The Balaban J connectivity index is 1.45. The summed E-state index contributed by atoms with van der Waals surface area (Å²) in [5.74, 6) is 0.810. The Morgan fingerprint density at radius 3 is 2.71 bits per heavy atom. The summed E-state index contributed by atoms with van der Waals surface area (Å²) in [7, 11) is 0. The van der Waals surface area contributed by atoms with Crippen molar-refractivity contribution in [3.05, 3.63) is 71.4 Å². The highest BCUT2D eigenvalue weighted by Gasteiger charge is 2.20. The first-order valence-electron chi connectivity index (χ1n) is 10.2. The molecule has 0 amide bonds. The summed E-state index contributed by atoms with van der Waals surface area (Å²) in [6.07, 6.45) is 6.85. The molecule has 0 aliphatic carbocycles. The topological polar surface area (TPSA) is 97.0 Å². The van der Waals surface area contributed by atoms with Gasteiger partial charge in [-0.15, -0.1) is 10.2 Å². The zero-order valence-corrected chi connectivity index (χ0v) is 17.9. The van der Waals surface area contributed by atoms with Crippen LogP contribution in [-0.4, -0.2) is 35.8 Å². The van der Waals surface area contributed by atoms with Crippen molar-refractivity contribution >= 4 is 17.5 Å². The average Bonchev–Trinajstić information content (AvgIpc) is 3.40. The molecule has 31 heavy (non-hydrogen) atoms. The minimum absolute atomic E-state index is 0.270. The molecular formula is C23H24N8. The van der Waals surface area contributed by atoms with Crippen LogP contribution in [0.5, 0.6) is 0 Å². The summed E-state index contributed by atoms with van der Waals surface area (Å²) in [5.41, 5.74) is 4.47. The molecule has 0 aliphatic rings. The SMILES string of the molecule is Cc1ccc2nnc(Cc3ccc(N=CC(C)(C)c4cnn(CCC#N)c4)cc3)n2n1. The lowest BCUT2D eigenvalue weighted by molar-refractivity contribution is 0.625. The van der Waals surface area contributed by atoms with Gasteiger partial charge in [0.2, 0.25) is 0 Å². The number of aromatic nitrogens is 6. The van der Waals surface area contributed by atoms with Gasteiger partial charge < -0.3 is 0 Å². The molecule has 4 aromatic rings. The number of fused-ring (bicyclic) bond motifs is 1. The standard InChI is InChI=1S/C23H24N8/c1-17-5-10-21-27-28-22(31(21)29-17)13-18-6-8-20(9-7-18)25-16-23(2,3)19-14-26-30(15-19)12-4-11-24/h5-10,14-16H,4,12-13H2,1-3H3. The predicted octanol–water partition coefficient (Wildman–Crippen LogP) is 3.81. The van der Waals surface area contributed by atoms with E-state index >= 15 is 0 Å². The Kier molecular flexibility index (Phi) is 5.58. The lowest BCUT2D eigenvalue weighted by Crippen LogP contribution is -2.18. The second-order valence-electron chi connectivity index (χ2n) is 8.08. The molecule has 8 heteroatoms. The van der Waals surface area contributed by atoms with Crippen molar-refractivity contribution in [1.82, 2.24) is 29.6 Å². The van der Waals surface area contributed by atoms with Gasteiger partial charge in [-0.1, -0.05) is 26.0 Å². The molecule has 0 N–H and O–H groups in total. The molecule has 3 aromatic heterocycles. The zero-order chi connectivity index (χ0) is 21.8. The minimum Gasteiger partial charge on any atom is -0.271 e. The van der Waals surface area contributed by atoms with Crippen molar-refractivity contribution in [3.63, 3.8) is 0 Å². The molecule has 0 spiro atoms. The maximum Gasteiger partial charge on any atom is 0.177 e. The quantitative estimate of drug-likeness (QED) is 0.430. The maximum atomic E-state index is 8.73. The number of rotatable bonds is 7. The summed E-state index contributed by atoms with van der Waals surface area (Å²) in [5, 5.41) is 26.0. The van der Waals surface area contributed by atoms with Crippen LogP contribution in [-0.2, 0) is 18.4 Å². The maximum absolute atomic E-state index is 8.73. The Bertz CT molecular complexity index is 1250. The van der Waals surface area contributed by atoms with Crippen molar-refractivity contribution < 1.29 is 0 Å². The van der Waals surface area contributed by atoms with Gasteiger partial charge in [-0.05, 0) is 36.8 Å². The summed E-state index contributed by atoms with van der Waals surface area (Å²) < 4.78 is 3.59. The van der Waals surface area contributed by atoms with Crippen molar-refractivity contribution in [2.24, 2.45) is 4.99 Å². The van der Waals surface area contributed by atoms with E-state index in [1.807, 2.05) is 49.8 Å². The number of aliphatic imine (C=N–C) groups is 1. The minimum atomic E-state index is -0.270. The highest BCUT2D eigenvalue weighted by atomic mass is 15.4. The lowest BCUT2D eigenvalue weighted by Gasteiger charge is -2.17. The fourth-order valence-electron chi connectivity index (χ4n) is 3.21. The second-order valence-corrected chi connectivity index (χ2v) is 8.08. The number of hydrogen-bond donors (Lipinski definition) is 0. The van der Waals surface area contributed by atoms with E-state index in [-0.39, 0.29) is 5.41 Å². The van der Waals surface area contributed by atoms with Gasteiger partial charge in [-0.25, -0.2) is 0 Å². The molecule has 0 atom stereocenters. The summed E-state index contributed by atoms with van der Waals surface area (Å²) in [4.78, 5) is 4.67. The van der Waals surface area contributed by atoms with Crippen molar-refractivity contribution in [2.75, 3.05) is 0 Å². The van der Waals surface area contributed by atoms with Crippen LogP contribution in [0.4, 0.5) is 5.69 Å². The van der Waals surface area contributed by atoms with E-state index in [9.17, 15) is 0 Å². The molecule has 0 fully saturated rings. The second kappa shape index (κ2) is 8.48. The summed E-state index contributed by atoms with van der Waals surface area (Å²) >= 11 is 0. The van der Waals surface area contributed by atoms with Gasteiger partial charge in [0.25, 0.3) is 0 Å². The third kappa shape index (κ3) is 4.67. The fraction of sp³-hybridized carbons (Fsp3) is 0.304. The van der Waals surface area contributed by atoms with Crippen LogP contribution in [0.2, 0.25) is 0 Å². The first-order valence-corrected chi connectivity index (χ1v) is 10.2. The van der Waals surface area contributed by atoms with Gasteiger partial charge in [0.15, 0.2) is 11.5 Å². The van der Waals surface area contributed by atoms with E-state index in [0.717, 1.165) is 34.0 Å². The van der Waals surface area contributed by atoms with Crippen LogP contribution in [0, 0.1) is 18.3 Å². The molecule has 0 unspecified atom stereocenters. The highest BCUT2D eigenvalue weighted by molar-refractivity contribution is 5.75. The number of aryl methyl sites for hydroxylation is 2. The van der Waals surface area contributed by atoms with Crippen LogP contribution in [0.25, 0.3) is 5.65 Å². The Labute approximate surface area is 180 Å². The van der Waals surface area contributed by atoms with E-state index in [1.54, 1.807) is 9.20 Å². The summed E-state index contributed by atoms with van der Waals surface area (Å²) in [6.45, 7) is 6.75. The molecular weight excluding hydrogens is 388 g/mol. The normalized spacial score (nSPS) is 11.9. The van der Waals surface area contributed by atoms with Crippen LogP contribution in [0.1, 0.15) is 42.9 Å². The molecule has 1 aromatic carbocycles. The fourth-order valence-corrected chi connectivity index (χ4v) is 3.21. The van der Waals surface area contributed by atoms with Gasteiger partial charge in [0, 0.05) is 29.8 Å². The van der Waals surface area contributed by atoms with Gasteiger partial charge >= 0.3 is 0 Å². The van der Waals surface area contributed by atoms with Crippen molar-refractivity contribution in [3.8, 4) is 6.07 Å². The Morgan fingerprint density at radius 1 is 1.13 bits per heavy atom. The van der Waals surface area contributed by atoms with Gasteiger partial charge in [-0.3, -0.25) is 9.67 Å². The van der Waals surface area contributed by atoms with E-state index in [1.165, 1.54) is 0 Å². The van der Waals surface area contributed by atoms with Crippen molar-refractivity contribution in [1.29, 1.82) is 5.26 Å². The molecule has 0 saturated carbocycles. The third-order valence-electron chi connectivity index (χ3n) is 5.13. The first kappa shape index (κ1) is 20.4. The van der Waals surface area contributed by atoms with Crippen LogP contribution in [0.3, 0.4) is 0 Å². The number of hydrogen-bond acceptors (Lipinski definition) is 6. The van der Waals surface area contributed by atoms with E-state index in [0.29, 0.717) is 19.4 Å². The van der Waals surface area contributed by atoms with Gasteiger partial charge in [0.05, 0.1) is 36.6 Å². The monoisotopic (exact) mass is 412 g/mol. The predicted molar refractivity (Wildman–Crippen MR) is 118 cm³/mol. The van der Waals surface area contributed by atoms with E-state index < -0.39 is 0 Å².